The Bertz CT molecular complexity index is 1370. The molecule has 36 heavy (non-hydrogen) atoms. The van der Waals surface area contributed by atoms with Crippen molar-refractivity contribution in [2.24, 2.45) is 0 Å². The van der Waals surface area contributed by atoms with Crippen LogP contribution in [-0.4, -0.2) is 46.2 Å². The van der Waals surface area contributed by atoms with Crippen molar-refractivity contribution in [3.8, 4) is 0 Å². The second kappa shape index (κ2) is 10.1. The molecule has 0 aliphatic heterocycles. The van der Waals surface area contributed by atoms with Gasteiger partial charge in [0, 0.05) is 40.8 Å². The maximum absolute atomic E-state index is 12.4. The molecule has 0 saturated heterocycles. The van der Waals surface area contributed by atoms with Crippen LogP contribution in [0.5, 0.6) is 0 Å². The van der Waals surface area contributed by atoms with E-state index >= 15 is 0 Å². The summed E-state index contributed by atoms with van der Waals surface area (Å²) in [6, 6.07) is 5.70. The van der Waals surface area contributed by atoms with Crippen molar-refractivity contribution < 1.29 is 9.90 Å². The van der Waals surface area contributed by atoms with Crippen molar-refractivity contribution in [3.05, 3.63) is 63.4 Å². The van der Waals surface area contributed by atoms with Crippen LogP contribution in [0, 0.1) is 0 Å². The molecule has 1 fully saturated rings. The lowest BCUT2D eigenvalue weighted by Crippen LogP contribution is -2.23. The third kappa shape index (κ3) is 5.62. The number of aromatic nitrogens is 7. The maximum atomic E-state index is 12.4. The summed E-state index contributed by atoms with van der Waals surface area (Å²) in [5, 5.41) is 30.7. The Labute approximate surface area is 217 Å². The fourth-order valence-electron chi connectivity index (χ4n) is 4.05. The largest absolute Gasteiger partial charge is 0.384 e. The molecule has 1 aliphatic rings. The van der Waals surface area contributed by atoms with Crippen LogP contribution in [-0.2, 0) is 25.1 Å². The van der Waals surface area contributed by atoms with Crippen LogP contribution in [0.25, 0.3) is 11.0 Å². The first-order chi connectivity index (χ1) is 17.3. The average Bonchev–Trinajstić information content (AvgIpc) is 3.50. The van der Waals surface area contributed by atoms with Gasteiger partial charge in [0.15, 0.2) is 11.3 Å². The van der Waals surface area contributed by atoms with Crippen molar-refractivity contribution in [2.45, 2.75) is 70.6 Å². The number of H-pyrrole nitrogens is 1. The summed E-state index contributed by atoms with van der Waals surface area (Å²) in [6.07, 6.45) is 8.39. The minimum Gasteiger partial charge on any atom is -0.384 e. The smallest absolute Gasteiger partial charge is 0.273 e. The van der Waals surface area contributed by atoms with Gasteiger partial charge in [0.2, 0.25) is 0 Å². The number of carbonyl (C=O) groups excluding carboxylic acids is 1. The second-order valence-corrected chi connectivity index (χ2v) is 10.6. The Morgan fingerprint density at radius 3 is 2.81 bits per heavy atom. The lowest BCUT2D eigenvalue weighted by Gasteiger charge is -2.16. The number of unbranched alkanes of at least 4 members (excludes halogenated alkanes) is 1. The van der Waals surface area contributed by atoms with Crippen molar-refractivity contribution >= 4 is 32.9 Å². The van der Waals surface area contributed by atoms with E-state index in [0.717, 1.165) is 46.0 Å². The number of hydrogen-bond donors (Lipinski definition) is 3. The fourth-order valence-corrected chi connectivity index (χ4v) is 4.78. The number of hydrogen-bond acceptors (Lipinski definition) is 7. The SMILES string of the molecule is CC(C)(O)c1ccc(CNC(=O)c2cn(CCCCc3cc4c(Br)c(C5CC5)[nH]c4nn3)nn2)cn1. The predicted octanol–water partition coefficient (Wildman–Crippen LogP) is 3.76. The lowest BCUT2D eigenvalue weighted by atomic mass is 10.0. The van der Waals surface area contributed by atoms with Crippen molar-refractivity contribution in [1.29, 1.82) is 0 Å². The monoisotopic (exact) mass is 552 g/mol. The molecule has 0 aromatic carbocycles. The molecule has 3 N–H and O–H groups in total. The van der Waals surface area contributed by atoms with Crippen LogP contribution in [0.3, 0.4) is 0 Å². The third-order valence-electron chi connectivity index (χ3n) is 6.30. The third-order valence-corrected chi connectivity index (χ3v) is 7.16. The highest BCUT2D eigenvalue weighted by Gasteiger charge is 2.28. The van der Waals surface area contributed by atoms with Gasteiger partial charge in [0.25, 0.3) is 5.91 Å². The van der Waals surface area contributed by atoms with E-state index in [1.54, 1.807) is 37.0 Å². The normalized spacial score (nSPS) is 13.9. The Balaban J connectivity index is 1.08. The molecule has 0 atom stereocenters. The molecule has 4 heterocycles. The number of halogens is 1. The van der Waals surface area contributed by atoms with E-state index < -0.39 is 5.60 Å². The number of pyridine rings is 1. The van der Waals surface area contributed by atoms with E-state index in [9.17, 15) is 9.90 Å². The first-order valence-corrected chi connectivity index (χ1v) is 13.0. The van der Waals surface area contributed by atoms with Gasteiger partial charge in [-0.2, -0.15) is 5.10 Å². The molecule has 4 aromatic rings. The van der Waals surface area contributed by atoms with Gasteiger partial charge in [-0.15, -0.1) is 10.2 Å². The van der Waals surface area contributed by atoms with Crippen molar-refractivity contribution in [2.75, 3.05) is 0 Å². The summed E-state index contributed by atoms with van der Waals surface area (Å²) in [7, 11) is 0. The summed E-state index contributed by atoms with van der Waals surface area (Å²) in [5.74, 6) is 0.328. The Morgan fingerprint density at radius 1 is 1.25 bits per heavy atom. The van der Waals surface area contributed by atoms with Crippen LogP contribution in [0.4, 0.5) is 0 Å². The number of rotatable bonds is 10. The van der Waals surface area contributed by atoms with Gasteiger partial charge in [-0.25, -0.2) is 0 Å². The lowest BCUT2D eigenvalue weighted by molar-refractivity contribution is 0.0737. The van der Waals surface area contributed by atoms with Gasteiger partial charge in [0.1, 0.15) is 5.60 Å². The van der Waals surface area contributed by atoms with Gasteiger partial charge < -0.3 is 15.4 Å². The number of amides is 1. The van der Waals surface area contributed by atoms with E-state index in [1.807, 2.05) is 6.07 Å². The molecular formula is C25H29BrN8O2. The number of fused-ring (bicyclic) bond motifs is 1. The zero-order valence-corrected chi connectivity index (χ0v) is 21.9. The first kappa shape index (κ1) is 24.5. The van der Waals surface area contributed by atoms with Gasteiger partial charge in [0.05, 0.1) is 17.6 Å². The van der Waals surface area contributed by atoms with Crippen LogP contribution >= 0.6 is 15.9 Å². The summed E-state index contributed by atoms with van der Waals surface area (Å²) in [6.45, 7) is 4.34. The number of carbonyl (C=O) groups is 1. The highest BCUT2D eigenvalue weighted by atomic mass is 79.9. The molecule has 1 saturated carbocycles. The van der Waals surface area contributed by atoms with Crippen LogP contribution < -0.4 is 5.32 Å². The van der Waals surface area contributed by atoms with Crippen molar-refractivity contribution in [1.82, 2.24) is 40.5 Å². The first-order valence-electron chi connectivity index (χ1n) is 12.2. The minimum absolute atomic E-state index is 0.274. The Kier molecular flexibility index (Phi) is 6.85. The number of aliphatic hydroxyl groups is 1. The molecule has 11 heteroatoms. The molecule has 0 radical (unpaired) electrons. The molecule has 0 spiro atoms. The summed E-state index contributed by atoms with van der Waals surface area (Å²) < 4.78 is 2.81. The topological polar surface area (TPSA) is 134 Å². The summed E-state index contributed by atoms with van der Waals surface area (Å²) >= 11 is 3.72. The molecule has 0 bridgehead atoms. The van der Waals surface area contributed by atoms with Gasteiger partial charge in [-0.05, 0) is 79.6 Å². The standard InChI is InChI=1S/C25H29BrN8O2/c1-25(2,36)20-9-6-15(12-27-20)13-28-24(35)19-14-34(33-31-19)10-4-3-5-17-11-18-21(26)22(16-7-8-16)29-23(18)32-30-17/h6,9,11-12,14,16,36H,3-5,7-8,10,13H2,1-2H3,(H,28,35)(H,29,32). The zero-order valence-electron chi connectivity index (χ0n) is 20.3. The van der Waals surface area contributed by atoms with Gasteiger partial charge in [-0.1, -0.05) is 11.3 Å². The number of nitrogens with one attached hydrogen (secondary N) is 2. The molecule has 4 aromatic heterocycles. The zero-order chi connectivity index (χ0) is 25.3. The van der Waals surface area contributed by atoms with Crippen LogP contribution in [0.2, 0.25) is 0 Å². The summed E-state index contributed by atoms with van der Waals surface area (Å²) in [4.78, 5) is 20.1. The quantitative estimate of drug-likeness (QED) is 0.255. The predicted molar refractivity (Wildman–Crippen MR) is 137 cm³/mol. The van der Waals surface area contributed by atoms with Gasteiger partial charge >= 0.3 is 0 Å². The molecular weight excluding hydrogens is 524 g/mol. The molecule has 10 nitrogen and oxygen atoms in total. The molecule has 0 unspecified atom stereocenters. The summed E-state index contributed by atoms with van der Waals surface area (Å²) in [5.41, 5.74) is 3.73. The Hall–Kier alpha value is -3.18. The Morgan fingerprint density at radius 2 is 2.08 bits per heavy atom. The van der Waals surface area contributed by atoms with Crippen molar-refractivity contribution in [3.63, 3.8) is 0 Å². The number of nitrogens with zero attached hydrogens (tertiary/aromatic N) is 6. The maximum Gasteiger partial charge on any atom is 0.273 e. The fraction of sp³-hybridized carbons (Fsp3) is 0.440. The van der Waals surface area contributed by atoms with E-state index in [1.165, 1.54) is 18.5 Å². The van der Waals surface area contributed by atoms with E-state index in [4.69, 9.17) is 0 Å². The number of aryl methyl sites for hydroxylation is 2. The minimum atomic E-state index is -1.000. The van der Waals surface area contributed by atoms with E-state index in [0.29, 0.717) is 24.7 Å². The van der Waals surface area contributed by atoms with E-state index in [2.05, 4.69) is 57.8 Å². The van der Waals surface area contributed by atoms with Gasteiger partial charge in [-0.3, -0.25) is 14.5 Å². The molecule has 1 amide bonds. The molecule has 188 valence electrons. The second-order valence-electron chi connectivity index (χ2n) is 9.84. The molecule has 1 aliphatic carbocycles. The average molecular weight is 553 g/mol. The van der Waals surface area contributed by atoms with E-state index in [-0.39, 0.29) is 11.6 Å². The molecule has 5 rings (SSSR count). The number of aromatic amines is 1. The highest BCUT2D eigenvalue weighted by molar-refractivity contribution is 9.10. The highest BCUT2D eigenvalue weighted by Crippen LogP contribution is 2.44. The van der Waals surface area contributed by atoms with Crippen LogP contribution in [0.1, 0.15) is 78.6 Å². The van der Waals surface area contributed by atoms with Crippen LogP contribution in [0.15, 0.2) is 35.1 Å².